The van der Waals surface area contributed by atoms with E-state index in [2.05, 4.69) is 26.1 Å². The molecule has 0 amide bonds. The van der Waals surface area contributed by atoms with Gasteiger partial charge in [-0.1, -0.05) is 13.8 Å². The van der Waals surface area contributed by atoms with E-state index in [1.165, 1.54) is 38.5 Å². The minimum absolute atomic E-state index is 0.499. The number of rotatable bonds is 4. The van der Waals surface area contributed by atoms with E-state index in [0.717, 1.165) is 24.4 Å². The molecule has 1 heterocycles. The third kappa shape index (κ3) is 3.69. The molecule has 5 atom stereocenters. The van der Waals surface area contributed by atoms with Gasteiger partial charge in [0.05, 0.1) is 12.2 Å². The van der Waals surface area contributed by atoms with Gasteiger partial charge in [-0.25, -0.2) is 0 Å². The van der Waals surface area contributed by atoms with Crippen LogP contribution in [0.3, 0.4) is 0 Å². The van der Waals surface area contributed by atoms with Crippen LogP contribution in [0.25, 0.3) is 0 Å². The van der Waals surface area contributed by atoms with E-state index in [4.69, 9.17) is 4.74 Å². The molecule has 1 saturated carbocycles. The van der Waals surface area contributed by atoms with E-state index < -0.39 is 0 Å². The van der Waals surface area contributed by atoms with Gasteiger partial charge in [0, 0.05) is 6.04 Å². The smallest absolute Gasteiger partial charge is 0.0583 e. The predicted molar refractivity (Wildman–Crippen MR) is 72.2 cm³/mol. The van der Waals surface area contributed by atoms with Gasteiger partial charge in [0.15, 0.2) is 0 Å². The normalized spacial score (nSPS) is 42.9. The van der Waals surface area contributed by atoms with Crippen molar-refractivity contribution in [1.29, 1.82) is 0 Å². The minimum Gasteiger partial charge on any atom is -0.375 e. The Morgan fingerprint density at radius 2 is 1.94 bits per heavy atom. The number of ether oxygens (including phenoxy) is 1. The predicted octanol–water partition coefficient (Wildman–Crippen LogP) is 3.36. The van der Waals surface area contributed by atoms with E-state index in [1.807, 2.05) is 0 Å². The summed E-state index contributed by atoms with van der Waals surface area (Å²) in [6.07, 6.45) is 9.03. The van der Waals surface area contributed by atoms with Crippen LogP contribution in [-0.2, 0) is 4.74 Å². The van der Waals surface area contributed by atoms with Crippen molar-refractivity contribution in [2.75, 3.05) is 6.54 Å². The third-order valence-corrected chi connectivity index (χ3v) is 4.60. The molecular formula is C15H29NO. The molecule has 5 unspecified atom stereocenters. The minimum atomic E-state index is 0.499. The van der Waals surface area contributed by atoms with Crippen molar-refractivity contribution in [1.82, 2.24) is 5.32 Å². The highest BCUT2D eigenvalue weighted by Gasteiger charge is 2.32. The van der Waals surface area contributed by atoms with E-state index >= 15 is 0 Å². The van der Waals surface area contributed by atoms with E-state index in [-0.39, 0.29) is 0 Å². The summed E-state index contributed by atoms with van der Waals surface area (Å²) in [4.78, 5) is 0. The Morgan fingerprint density at radius 1 is 1.12 bits per heavy atom. The Hall–Kier alpha value is -0.0800. The summed E-state index contributed by atoms with van der Waals surface area (Å²) < 4.78 is 6.00. The second kappa shape index (κ2) is 6.19. The molecule has 2 rings (SSSR count). The molecule has 0 bridgehead atoms. The summed E-state index contributed by atoms with van der Waals surface area (Å²) in [6.45, 7) is 7.96. The van der Waals surface area contributed by atoms with Crippen molar-refractivity contribution >= 4 is 0 Å². The van der Waals surface area contributed by atoms with Crippen LogP contribution in [0, 0.1) is 11.8 Å². The Bertz CT molecular complexity index is 231. The van der Waals surface area contributed by atoms with Gasteiger partial charge < -0.3 is 10.1 Å². The fourth-order valence-corrected chi connectivity index (χ4v) is 3.69. The summed E-state index contributed by atoms with van der Waals surface area (Å²) >= 11 is 0. The van der Waals surface area contributed by atoms with Gasteiger partial charge in [0.25, 0.3) is 0 Å². The van der Waals surface area contributed by atoms with Crippen LogP contribution < -0.4 is 5.32 Å². The highest BCUT2D eigenvalue weighted by Crippen LogP contribution is 2.35. The van der Waals surface area contributed by atoms with Crippen molar-refractivity contribution in [2.45, 2.75) is 77.5 Å². The van der Waals surface area contributed by atoms with Crippen LogP contribution in [0.2, 0.25) is 0 Å². The molecular weight excluding hydrogens is 210 g/mol. The average Bonchev–Trinajstić information content (AvgIpc) is 2.68. The SMILES string of the molecule is CCNC1CCC(C)CC1CC1CCC(C)O1. The van der Waals surface area contributed by atoms with Gasteiger partial charge in [-0.2, -0.15) is 0 Å². The first-order valence-corrected chi connectivity index (χ1v) is 7.57. The van der Waals surface area contributed by atoms with Gasteiger partial charge in [-0.15, -0.1) is 0 Å². The summed E-state index contributed by atoms with van der Waals surface area (Å²) in [7, 11) is 0. The zero-order chi connectivity index (χ0) is 12.3. The molecule has 1 aliphatic heterocycles. The van der Waals surface area contributed by atoms with Crippen LogP contribution in [0.5, 0.6) is 0 Å². The lowest BCUT2D eigenvalue weighted by molar-refractivity contribution is 0.0290. The highest BCUT2D eigenvalue weighted by molar-refractivity contribution is 4.86. The fourth-order valence-electron chi connectivity index (χ4n) is 3.69. The molecule has 0 spiro atoms. The lowest BCUT2D eigenvalue weighted by atomic mass is 9.76. The summed E-state index contributed by atoms with van der Waals surface area (Å²) in [5.74, 6) is 1.75. The Balaban J connectivity index is 1.86. The van der Waals surface area contributed by atoms with E-state index in [1.54, 1.807) is 0 Å². The standard InChI is InChI=1S/C15H29NO/c1-4-16-15-8-5-11(2)9-13(15)10-14-7-6-12(3)17-14/h11-16H,4-10H2,1-3H3. The van der Waals surface area contributed by atoms with Gasteiger partial charge in [0.2, 0.25) is 0 Å². The van der Waals surface area contributed by atoms with Crippen molar-refractivity contribution in [3.05, 3.63) is 0 Å². The summed E-state index contributed by atoms with van der Waals surface area (Å²) in [5, 5.41) is 3.68. The average molecular weight is 239 g/mol. The first kappa shape index (κ1) is 13.4. The molecule has 2 nitrogen and oxygen atoms in total. The molecule has 2 fully saturated rings. The summed E-state index contributed by atoms with van der Waals surface area (Å²) in [6, 6.07) is 0.746. The second-order valence-corrected chi connectivity index (χ2v) is 6.22. The lowest BCUT2D eigenvalue weighted by Crippen LogP contribution is -2.41. The molecule has 0 aromatic carbocycles. The van der Waals surface area contributed by atoms with Crippen molar-refractivity contribution in [2.24, 2.45) is 11.8 Å². The molecule has 0 aromatic rings. The van der Waals surface area contributed by atoms with E-state index in [9.17, 15) is 0 Å². The van der Waals surface area contributed by atoms with Crippen LogP contribution in [0.4, 0.5) is 0 Å². The Morgan fingerprint density at radius 3 is 2.59 bits per heavy atom. The van der Waals surface area contributed by atoms with Crippen LogP contribution in [0.15, 0.2) is 0 Å². The number of hydrogen-bond acceptors (Lipinski definition) is 2. The van der Waals surface area contributed by atoms with Crippen molar-refractivity contribution in [3.63, 3.8) is 0 Å². The van der Waals surface area contributed by atoms with Gasteiger partial charge in [0.1, 0.15) is 0 Å². The fraction of sp³-hybridized carbons (Fsp3) is 1.00. The second-order valence-electron chi connectivity index (χ2n) is 6.22. The molecule has 1 N–H and O–H groups in total. The van der Waals surface area contributed by atoms with Crippen LogP contribution >= 0.6 is 0 Å². The maximum Gasteiger partial charge on any atom is 0.0583 e. The molecule has 1 saturated heterocycles. The van der Waals surface area contributed by atoms with Gasteiger partial charge in [-0.3, -0.25) is 0 Å². The zero-order valence-electron chi connectivity index (χ0n) is 11.7. The monoisotopic (exact) mass is 239 g/mol. The molecule has 1 aliphatic carbocycles. The maximum atomic E-state index is 6.00. The van der Waals surface area contributed by atoms with Gasteiger partial charge in [-0.05, 0) is 63.8 Å². The van der Waals surface area contributed by atoms with Crippen LogP contribution in [-0.4, -0.2) is 24.8 Å². The van der Waals surface area contributed by atoms with Crippen molar-refractivity contribution in [3.8, 4) is 0 Å². The first-order chi connectivity index (χ1) is 8.19. The zero-order valence-corrected chi connectivity index (χ0v) is 11.7. The quantitative estimate of drug-likeness (QED) is 0.812. The van der Waals surface area contributed by atoms with Crippen LogP contribution in [0.1, 0.15) is 59.3 Å². The third-order valence-electron chi connectivity index (χ3n) is 4.60. The topological polar surface area (TPSA) is 21.3 Å². The maximum absolute atomic E-state index is 6.00. The molecule has 2 aliphatic rings. The Labute approximate surface area is 107 Å². The highest BCUT2D eigenvalue weighted by atomic mass is 16.5. The number of nitrogens with one attached hydrogen (secondary N) is 1. The first-order valence-electron chi connectivity index (χ1n) is 7.57. The van der Waals surface area contributed by atoms with Gasteiger partial charge >= 0.3 is 0 Å². The molecule has 2 heteroatoms. The summed E-state index contributed by atoms with van der Waals surface area (Å²) in [5.41, 5.74) is 0. The lowest BCUT2D eigenvalue weighted by Gasteiger charge is -2.36. The molecule has 17 heavy (non-hydrogen) atoms. The van der Waals surface area contributed by atoms with Crippen molar-refractivity contribution < 1.29 is 4.74 Å². The molecule has 100 valence electrons. The largest absolute Gasteiger partial charge is 0.375 e. The molecule has 0 aromatic heterocycles. The van der Waals surface area contributed by atoms with E-state index in [0.29, 0.717) is 12.2 Å². The Kier molecular flexibility index (Phi) is 4.87. The molecule has 0 radical (unpaired) electrons. The number of hydrogen-bond donors (Lipinski definition) is 1.